The van der Waals surface area contributed by atoms with Crippen molar-refractivity contribution in [2.24, 2.45) is 0 Å². The summed E-state index contributed by atoms with van der Waals surface area (Å²) in [4.78, 5) is 0. The second-order valence-corrected chi connectivity index (χ2v) is 4.69. The summed E-state index contributed by atoms with van der Waals surface area (Å²) in [6.07, 6.45) is 0. The fraction of sp³-hybridized carbons (Fsp3) is 0.143. The van der Waals surface area contributed by atoms with Gasteiger partial charge in [-0.3, -0.25) is 0 Å². The highest BCUT2D eigenvalue weighted by Crippen LogP contribution is 2.30. The summed E-state index contributed by atoms with van der Waals surface area (Å²) in [6.45, 7) is 3.32. The molecule has 0 aliphatic carbocycles. The van der Waals surface area contributed by atoms with Crippen LogP contribution in [0.5, 0.6) is 0 Å². The Hall–Kier alpha value is -2.34. The molecule has 0 aliphatic heterocycles. The van der Waals surface area contributed by atoms with Crippen molar-refractivity contribution in [1.29, 1.82) is 0 Å². The maximum Gasteiger partial charge on any atom is 0.0636 e. The van der Waals surface area contributed by atoms with Crippen LogP contribution >= 0.6 is 0 Å². The molecule has 0 spiro atoms. The number of hydrogen-bond acceptors (Lipinski definition) is 0. The van der Waals surface area contributed by atoms with Crippen LogP contribution in [0, 0.1) is 0 Å². The van der Waals surface area contributed by atoms with Crippen LogP contribution in [0.1, 0.15) is 43.1 Å². The summed E-state index contributed by atoms with van der Waals surface area (Å²) in [7, 11) is 0. The van der Waals surface area contributed by atoms with Gasteiger partial charge in [0.1, 0.15) is 0 Å². The molecule has 0 aliphatic rings. The fourth-order valence-electron chi connectivity index (χ4n) is 1.78. The van der Waals surface area contributed by atoms with E-state index in [0.29, 0.717) is 0 Å². The van der Waals surface area contributed by atoms with E-state index in [1.807, 2.05) is 0 Å². The van der Waals surface area contributed by atoms with Crippen LogP contribution in [0.4, 0.5) is 0 Å². The second-order valence-electron chi connectivity index (χ2n) is 4.69. The van der Waals surface area contributed by atoms with Crippen LogP contribution < -0.4 is 0 Å². The van der Waals surface area contributed by atoms with Crippen molar-refractivity contribution >= 4 is 0 Å². The van der Waals surface area contributed by atoms with Gasteiger partial charge in [-0.2, -0.15) is 0 Å². The minimum Gasteiger partial charge on any atom is -0.0622 e. The summed E-state index contributed by atoms with van der Waals surface area (Å²) in [5.74, 6) is -0.493. The van der Waals surface area contributed by atoms with Crippen LogP contribution in [0.25, 0.3) is 22.3 Å². The molecule has 0 radical (unpaired) electrons. The van der Waals surface area contributed by atoms with Crippen molar-refractivity contribution < 1.29 is 17.8 Å². The van der Waals surface area contributed by atoms with Gasteiger partial charge in [0.15, 0.2) is 0 Å². The zero-order valence-electron chi connectivity index (χ0n) is 24.6. The fourth-order valence-corrected chi connectivity index (χ4v) is 1.78. The van der Waals surface area contributed by atoms with E-state index in [1.165, 1.54) is 0 Å². The molecule has 0 N–H and O–H groups in total. The second kappa shape index (κ2) is 5.97. The quantitative estimate of drug-likeness (QED) is 0.542. The lowest BCUT2D eigenvalue weighted by Gasteiger charge is -2.13. The van der Waals surface area contributed by atoms with Crippen molar-refractivity contribution in [3.8, 4) is 22.3 Å². The zero-order valence-corrected chi connectivity index (χ0v) is 11.6. The minimum absolute atomic E-state index is 0.0552. The van der Waals surface area contributed by atoms with Gasteiger partial charge in [0.2, 0.25) is 0 Å². The van der Waals surface area contributed by atoms with Gasteiger partial charge < -0.3 is 0 Å². The molecular weight excluding hydrogens is 252 g/mol. The molecular formula is C21H20. The third-order valence-electron chi connectivity index (χ3n) is 2.85. The molecule has 0 saturated heterocycles. The molecule has 0 unspecified atom stereocenters. The predicted octanol–water partition coefficient (Wildman–Crippen LogP) is 6.14. The Bertz CT molecular complexity index is 1200. The third-order valence-corrected chi connectivity index (χ3v) is 2.85. The molecule has 0 heterocycles. The first-order chi connectivity index (χ1) is 15.7. The number of benzene rings is 3. The van der Waals surface area contributed by atoms with Crippen molar-refractivity contribution in [3.05, 3.63) is 84.1 Å². The maximum absolute atomic E-state index is 8.80. The normalized spacial score (nSPS) is 19.5. The number of hydrogen-bond donors (Lipinski definition) is 0. The van der Waals surface area contributed by atoms with Gasteiger partial charge in [-0.1, -0.05) is 86.4 Å². The highest BCUT2D eigenvalue weighted by molar-refractivity contribution is 5.74. The molecule has 0 nitrogen and oxygen atoms in total. The minimum atomic E-state index is -0.666. The van der Waals surface area contributed by atoms with E-state index < -0.39 is 83.5 Å². The SMILES string of the molecule is [2H]c1c([2H])c([2H])c(-c2c([2H])c(-c3c([2H])c([2H])c([2H])c([2H])c3[2H])c([2H])c(C(C)C)c2[2H])c([2H])c1[2H]. The van der Waals surface area contributed by atoms with Gasteiger partial charge in [0.05, 0.1) is 17.8 Å². The predicted molar refractivity (Wildman–Crippen MR) is 91.4 cm³/mol. The molecule has 0 heteroatoms. The topological polar surface area (TPSA) is 0 Å². The monoisotopic (exact) mass is 285 g/mol. The Morgan fingerprint density at radius 3 is 1.43 bits per heavy atom. The lowest BCUT2D eigenvalue weighted by molar-refractivity contribution is 0.867. The van der Waals surface area contributed by atoms with Crippen molar-refractivity contribution in [2.75, 3.05) is 0 Å². The zero-order chi connectivity index (χ0) is 26.0. The highest BCUT2D eigenvalue weighted by Gasteiger charge is 2.07. The Balaban J connectivity index is 2.66. The van der Waals surface area contributed by atoms with Crippen LogP contribution in [0.3, 0.4) is 0 Å². The van der Waals surface area contributed by atoms with Gasteiger partial charge in [0, 0.05) is 0 Å². The van der Waals surface area contributed by atoms with Crippen molar-refractivity contribution in [2.45, 2.75) is 19.8 Å². The Morgan fingerprint density at radius 1 is 0.619 bits per heavy atom. The van der Waals surface area contributed by atoms with Gasteiger partial charge in [-0.15, -0.1) is 0 Å². The van der Waals surface area contributed by atoms with E-state index >= 15 is 0 Å². The summed E-state index contributed by atoms with van der Waals surface area (Å²) in [5, 5.41) is 0. The van der Waals surface area contributed by atoms with Crippen LogP contribution in [-0.2, 0) is 0 Å². The lowest BCUT2D eigenvalue weighted by Crippen LogP contribution is -1.91. The van der Waals surface area contributed by atoms with E-state index in [1.54, 1.807) is 13.8 Å². The average Bonchev–Trinajstić information content (AvgIpc) is 2.77. The van der Waals surface area contributed by atoms with E-state index in [-0.39, 0.29) is 28.8 Å². The Morgan fingerprint density at radius 2 is 1.05 bits per heavy atom. The van der Waals surface area contributed by atoms with Gasteiger partial charge in [-0.05, 0) is 39.8 Å². The van der Waals surface area contributed by atoms with Crippen molar-refractivity contribution in [3.63, 3.8) is 0 Å². The van der Waals surface area contributed by atoms with E-state index in [0.717, 1.165) is 0 Å². The Kier molecular flexibility index (Phi) is 1.46. The molecule has 0 amide bonds. The molecule has 104 valence electrons. The maximum atomic E-state index is 8.80. The summed E-state index contributed by atoms with van der Waals surface area (Å²) in [5.41, 5.74) is -1.51. The third kappa shape index (κ3) is 3.05. The first-order valence-corrected chi connectivity index (χ1v) is 6.44. The molecule has 0 fully saturated rings. The van der Waals surface area contributed by atoms with Crippen LogP contribution in [-0.4, -0.2) is 0 Å². The number of rotatable bonds is 3. The van der Waals surface area contributed by atoms with Crippen LogP contribution in [0.2, 0.25) is 0 Å². The van der Waals surface area contributed by atoms with Crippen molar-refractivity contribution in [1.82, 2.24) is 0 Å². The highest BCUT2D eigenvalue weighted by atomic mass is 14.1. The summed E-state index contributed by atoms with van der Waals surface area (Å²) < 4.78 is 107. The first-order valence-electron chi connectivity index (χ1n) is 12.9. The largest absolute Gasteiger partial charge is 0.0636 e. The molecule has 0 aromatic heterocycles. The van der Waals surface area contributed by atoms with E-state index in [4.69, 9.17) is 17.8 Å². The first kappa shape index (κ1) is 5.14. The van der Waals surface area contributed by atoms with Gasteiger partial charge in [-0.25, -0.2) is 0 Å². The molecule has 0 atom stereocenters. The van der Waals surface area contributed by atoms with Crippen LogP contribution in [0.15, 0.2) is 78.6 Å². The average molecular weight is 285 g/mol. The molecule has 3 aromatic rings. The summed E-state index contributed by atoms with van der Waals surface area (Å²) >= 11 is 0. The van der Waals surface area contributed by atoms with Gasteiger partial charge >= 0.3 is 0 Å². The summed E-state index contributed by atoms with van der Waals surface area (Å²) in [6, 6.07) is -7.95. The molecule has 0 bridgehead atoms. The molecule has 21 heavy (non-hydrogen) atoms. The standard InChI is InChI=1S/C21H20/c1-16(2)19-13-20(17-9-5-3-6-10-17)15-21(14-19)18-11-7-4-8-12-18/h3-16H,1-2H3/i3D,4D,5D,6D,7D,8D,9D,10D,11D,12D,13D,14D,15D. The smallest absolute Gasteiger partial charge is 0.0622 e. The molecule has 0 saturated carbocycles. The van der Waals surface area contributed by atoms with E-state index in [9.17, 15) is 0 Å². The molecule has 3 aromatic carbocycles. The van der Waals surface area contributed by atoms with E-state index in [2.05, 4.69) is 0 Å². The van der Waals surface area contributed by atoms with Gasteiger partial charge in [0.25, 0.3) is 0 Å². The lowest BCUT2D eigenvalue weighted by atomic mass is 9.92. The molecule has 3 rings (SSSR count). The Labute approximate surface area is 145 Å².